The van der Waals surface area contributed by atoms with Gasteiger partial charge in [-0.2, -0.15) is 0 Å². The molecule has 2 aromatic rings. The number of benzene rings is 2. The van der Waals surface area contributed by atoms with Gasteiger partial charge in [0, 0.05) is 31.3 Å². The van der Waals surface area contributed by atoms with Crippen LogP contribution in [0.1, 0.15) is 28.8 Å². The molecule has 2 aromatic carbocycles. The summed E-state index contributed by atoms with van der Waals surface area (Å²) >= 11 is 0. The van der Waals surface area contributed by atoms with Crippen LogP contribution in [0, 0.1) is 11.6 Å². The van der Waals surface area contributed by atoms with Gasteiger partial charge in [0.25, 0.3) is 5.91 Å². The fraction of sp³-hybridized carbons (Fsp3) is 0.318. The number of hydrogen-bond acceptors (Lipinski definition) is 4. The highest BCUT2D eigenvalue weighted by atomic mass is 19.1. The number of amides is 3. The van der Waals surface area contributed by atoms with Crippen LogP contribution in [-0.4, -0.2) is 49.8 Å². The number of carbonyl (C=O) groups is 3. The van der Waals surface area contributed by atoms with Crippen molar-refractivity contribution in [3.8, 4) is 0 Å². The minimum absolute atomic E-state index is 0.131. The van der Waals surface area contributed by atoms with Crippen molar-refractivity contribution in [1.29, 1.82) is 0 Å². The quantitative estimate of drug-likeness (QED) is 0.503. The van der Waals surface area contributed by atoms with E-state index >= 15 is 0 Å². The standard InChI is InChI=1S/C22H26F2N4O3/c1-28(2)14-21(30)27-17-6-3-5-15(11-17)13-26-20(29)7-4-10-25-22(31)18-9-8-16(23)12-19(18)24/h3,5-6,8-9,11-12H,4,7,10,13-14H2,1-2H3,(H,25,31)(H,26,29)(H,27,30). The lowest BCUT2D eigenvalue weighted by molar-refractivity contribution is -0.121. The van der Waals surface area contributed by atoms with E-state index in [1.165, 1.54) is 0 Å². The zero-order valence-electron chi connectivity index (χ0n) is 17.5. The summed E-state index contributed by atoms with van der Waals surface area (Å²) in [5.41, 5.74) is 1.23. The third-order valence-corrected chi connectivity index (χ3v) is 4.20. The van der Waals surface area contributed by atoms with Crippen molar-refractivity contribution >= 4 is 23.4 Å². The molecule has 7 nitrogen and oxygen atoms in total. The summed E-state index contributed by atoms with van der Waals surface area (Å²) in [5.74, 6) is -2.69. The van der Waals surface area contributed by atoms with Crippen LogP contribution in [0.25, 0.3) is 0 Å². The van der Waals surface area contributed by atoms with Gasteiger partial charge in [-0.3, -0.25) is 14.4 Å². The maximum absolute atomic E-state index is 13.6. The smallest absolute Gasteiger partial charge is 0.254 e. The molecule has 0 aromatic heterocycles. The minimum Gasteiger partial charge on any atom is -0.352 e. The average Bonchev–Trinajstić information content (AvgIpc) is 2.69. The van der Waals surface area contributed by atoms with E-state index in [0.29, 0.717) is 24.7 Å². The van der Waals surface area contributed by atoms with Gasteiger partial charge >= 0.3 is 0 Å². The zero-order chi connectivity index (χ0) is 22.8. The van der Waals surface area contributed by atoms with Crippen molar-refractivity contribution in [1.82, 2.24) is 15.5 Å². The van der Waals surface area contributed by atoms with Crippen LogP contribution in [0.2, 0.25) is 0 Å². The van der Waals surface area contributed by atoms with Crippen molar-refractivity contribution in [3.63, 3.8) is 0 Å². The molecule has 0 saturated carbocycles. The van der Waals surface area contributed by atoms with Crippen LogP contribution < -0.4 is 16.0 Å². The van der Waals surface area contributed by atoms with E-state index in [9.17, 15) is 23.2 Å². The molecular weight excluding hydrogens is 406 g/mol. The van der Waals surface area contributed by atoms with Crippen molar-refractivity contribution in [3.05, 3.63) is 65.2 Å². The van der Waals surface area contributed by atoms with Gasteiger partial charge in [-0.25, -0.2) is 8.78 Å². The third-order valence-electron chi connectivity index (χ3n) is 4.20. The molecule has 0 aliphatic rings. The van der Waals surface area contributed by atoms with Crippen LogP contribution in [0.15, 0.2) is 42.5 Å². The van der Waals surface area contributed by atoms with E-state index in [-0.39, 0.29) is 36.9 Å². The molecule has 3 amide bonds. The molecule has 3 N–H and O–H groups in total. The summed E-state index contributed by atoms with van der Waals surface area (Å²) in [6.07, 6.45) is 0.534. The SMILES string of the molecule is CN(C)CC(=O)Nc1cccc(CNC(=O)CCCNC(=O)c2ccc(F)cc2F)c1. The van der Waals surface area contributed by atoms with Crippen molar-refractivity contribution in [2.45, 2.75) is 19.4 Å². The Kier molecular flexibility index (Phi) is 9.08. The first-order valence-corrected chi connectivity index (χ1v) is 9.78. The summed E-state index contributed by atoms with van der Waals surface area (Å²) in [6, 6.07) is 9.90. The molecule has 0 radical (unpaired) electrons. The molecule has 0 heterocycles. The fourth-order valence-corrected chi connectivity index (χ4v) is 2.76. The van der Waals surface area contributed by atoms with E-state index in [0.717, 1.165) is 17.7 Å². The average molecular weight is 432 g/mol. The topological polar surface area (TPSA) is 90.5 Å². The minimum atomic E-state index is -0.935. The van der Waals surface area contributed by atoms with Crippen molar-refractivity contribution in [2.24, 2.45) is 0 Å². The van der Waals surface area contributed by atoms with Gasteiger partial charge in [0.1, 0.15) is 11.6 Å². The molecule has 2 rings (SSSR count). The molecule has 166 valence electrons. The highest BCUT2D eigenvalue weighted by Crippen LogP contribution is 2.11. The van der Waals surface area contributed by atoms with E-state index in [2.05, 4.69) is 16.0 Å². The second kappa shape index (κ2) is 11.8. The predicted octanol–water partition coefficient (Wildman–Crippen LogP) is 2.29. The lowest BCUT2D eigenvalue weighted by Gasteiger charge is -2.11. The Balaban J connectivity index is 1.70. The number of likely N-dealkylation sites (N-methyl/N-ethyl adjacent to an activating group) is 1. The predicted molar refractivity (Wildman–Crippen MR) is 113 cm³/mol. The molecule has 0 unspecified atom stereocenters. The second-order valence-electron chi connectivity index (χ2n) is 7.25. The molecule has 9 heteroatoms. The molecule has 0 bridgehead atoms. The number of anilines is 1. The molecule has 0 fully saturated rings. The summed E-state index contributed by atoms with van der Waals surface area (Å²) in [5, 5.41) is 8.07. The van der Waals surface area contributed by atoms with Crippen molar-refractivity contribution < 1.29 is 23.2 Å². The summed E-state index contributed by atoms with van der Waals surface area (Å²) in [4.78, 5) is 37.5. The lowest BCUT2D eigenvalue weighted by Crippen LogP contribution is -2.28. The second-order valence-corrected chi connectivity index (χ2v) is 7.25. The highest BCUT2D eigenvalue weighted by molar-refractivity contribution is 5.94. The van der Waals surface area contributed by atoms with Crippen LogP contribution in [-0.2, 0) is 16.1 Å². The van der Waals surface area contributed by atoms with Gasteiger partial charge in [0.2, 0.25) is 11.8 Å². The maximum atomic E-state index is 13.6. The summed E-state index contributed by atoms with van der Waals surface area (Å²) in [6.45, 7) is 0.741. The lowest BCUT2D eigenvalue weighted by atomic mass is 10.2. The van der Waals surface area contributed by atoms with Crippen LogP contribution in [0.4, 0.5) is 14.5 Å². The number of nitrogens with one attached hydrogen (secondary N) is 3. The Labute approximate surface area is 179 Å². The number of nitrogens with zero attached hydrogens (tertiary/aromatic N) is 1. The van der Waals surface area contributed by atoms with Gasteiger partial charge in [-0.1, -0.05) is 12.1 Å². The van der Waals surface area contributed by atoms with Gasteiger partial charge < -0.3 is 20.9 Å². The highest BCUT2D eigenvalue weighted by Gasteiger charge is 2.12. The Hall–Kier alpha value is -3.33. The van der Waals surface area contributed by atoms with Crippen molar-refractivity contribution in [2.75, 3.05) is 32.5 Å². The van der Waals surface area contributed by atoms with Gasteiger partial charge in [0.05, 0.1) is 12.1 Å². The first-order chi connectivity index (χ1) is 14.7. The normalized spacial score (nSPS) is 10.6. The van der Waals surface area contributed by atoms with E-state index < -0.39 is 17.5 Å². The molecular formula is C22H26F2N4O3. The number of halogens is 2. The Morgan fingerprint density at radius 3 is 2.45 bits per heavy atom. The molecule has 0 atom stereocenters. The first-order valence-electron chi connectivity index (χ1n) is 9.78. The van der Waals surface area contributed by atoms with Crippen LogP contribution >= 0.6 is 0 Å². The molecule has 0 spiro atoms. The van der Waals surface area contributed by atoms with Gasteiger partial charge in [-0.15, -0.1) is 0 Å². The number of carbonyl (C=O) groups excluding carboxylic acids is 3. The molecule has 31 heavy (non-hydrogen) atoms. The number of rotatable bonds is 10. The van der Waals surface area contributed by atoms with Gasteiger partial charge in [0.15, 0.2) is 0 Å². The molecule has 0 aliphatic carbocycles. The van der Waals surface area contributed by atoms with Crippen LogP contribution in [0.3, 0.4) is 0 Å². The Morgan fingerprint density at radius 1 is 0.968 bits per heavy atom. The fourth-order valence-electron chi connectivity index (χ4n) is 2.76. The third kappa shape index (κ3) is 8.51. The summed E-state index contributed by atoms with van der Waals surface area (Å²) < 4.78 is 26.5. The van der Waals surface area contributed by atoms with E-state index in [1.807, 2.05) is 6.07 Å². The Bertz CT molecular complexity index is 935. The zero-order valence-corrected chi connectivity index (χ0v) is 17.5. The monoisotopic (exact) mass is 432 g/mol. The van der Waals surface area contributed by atoms with E-state index in [1.54, 1.807) is 37.2 Å². The maximum Gasteiger partial charge on any atom is 0.254 e. The molecule has 0 aliphatic heterocycles. The van der Waals surface area contributed by atoms with Gasteiger partial charge in [-0.05, 0) is 50.3 Å². The van der Waals surface area contributed by atoms with E-state index in [4.69, 9.17) is 0 Å². The number of hydrogen-bond donors (Lipinski definition) is 3. The Morgan fingerprint density at radius 2 is 1.74 bits per heavy atom. The van der Waals surface area contributed by atoms with Crippen LogP contribution in [0.5, 0.6) is 0 Å². The molecule has 0 saturated heterocycles. The largest absolute Gasteiger partial charge is 0.352 e. The summed E-state index contributed by atoms with van der Waals surface area (Å²) in [7, 11) is 3.61. The first kappa shape index (κ1) is 23.9.